The normalized spacial score (nSPS) is 10.7. The molecule has 5 heteroatoms. The highest BCUT2D eigenvalue weighted by molar-refractivity contribution is 6.02. The van der Waals surface area contributed by atoms with Gasteiger partial charge in [-0.05, 0) is 36.6 Å². The molecule has 0 fully saturated rings. The summed E-state index contributed by atoms with van der Waals surface area (Å²) in [7, 11) is 0. The van der Waals surface area contributed by atoms with Gasteiger partial charge >= 0.3 is 0 Å². The van der Waals surface area contributed by atoms with Crippen LogP contribution in [-0.2, 0) is 6.42 Å². The van der Waals surface area contributed by atoms with Crippen molar-refractivity contribution in [3.63, 3.8) is 0 Å². The number of carbonyl (C=O) groups excluding carboxylic acids is 1. The van der Waals surface area contributed by atoms with Crippen LogP contribution in [0.5, 0.6) is 0 Å². The number of aromatic nitrogens is 3. The molecule has 5 nitrogen and oxygen atoms in total. The van der Waals surface area contributed by atoms with Gasteiger partial charge in [-0.15, -0.1) is 5.10 Å². The molecule has 1 N–H and O–H groups in total. The first-order valence-electron chi connectivity index (χ1n) is 9.65. The second-order valence-corrected chi connectivity index (χ2v) is 6.79. The van der Waals surface area contributed by atoms with E-state index in [1.54, 1.807) is 4.68 Å². The number of hydrogen-bond acceptors (Lipinski definition) is 3. The lowest BCUT2D eigenvalue weighted by Crippen LogP contribution is -2.15. The van der Waals surface area contributed by atoms with E-state index in [0.717, 1.165) is 34.5 Å². The SMILES string of the molecule is CCc1ccccc1NC(=O)c1nc(-c2ccccc2)n(-c2ccccc2C)n1. The molecule has 4 aromatic rings. The van der Waals surface area contributed by atoms with Gasteiger partial charge in [0.2, 0.25) is 5.82 Å². The van der Waals surface area contributed by atoms with Crippen LogP contribution in [-0.4, -0.2) is 20.7 Å². The van der Waals surface area contributed by atoms with E-state index >= 15 is 0 Å². The third-order valence-corrected chi connectivity index (χ3v) is 4.83. The lowest BCUT2D eigenvalue weighted by Gasteiger charge is -2.08. The van der Waals surface area contributed by atoms with Crippen LogP contribution in [0.25, 0.3) is 17.1 Å². The fraction of sp³-hybridized carbons (Fsp3) is 0.125. The molecule has 0 aliphatic carbocycles. The summed E-state index contributed by atoms with van der Waals surface area (Å²) < 4.78 is 1.74. The maximum Gasteiger partial charge on any atom is 0.295 e. The van der Waals surface area contributed by atoms with Gasteiger partial charge in [0, 0.05) is 11.3 Å². The number of nitrogens with zero attached hydrogens (tertiary/aromatic N) is 3. The maximum atomic E-state index is 12.9. The van der Waals surface area contributed by atoms with Crippen molar-refractivity contribution in [2.75, 3.05) is 5.32 Å². The lowest BCUT2D eigenvalue weighted by atomic mass is 10.1. The molecule has 3 aromatic carbocycles. The molecule has 0 saturated carbocycles. The summed E-state index contributed by atoms with van der Waals surface area (Å²) in [6, 6.07) is 25.5. The average molecular weight is 382 g/mol. The van der Waals surface area contributed by atoms with E-state index in [-0.39, 0.29) is 11.7 Å². The molecule has 29 heavy (non-hydrogen) atoms. The minimum atomic E-state index is -0.324. The molecule has 144 valence electrons. The smallest absolute Gasteiger partial charge is 0.295 e. The summed E-state index contributed by atoms with van der Waals surface area (Å²) >= 11 is 0. The Morgan fingerprint density at radius 2 is 1.62 bits per heavy atom. The van der Waals surface area contributed by atoms with Crippen LogP contribution >= 0.6 is 0 Å². The van der Waals surface area contributed by atoms with Crippen LogP contribution in [0.2, 0.25) is 0 Å². The molecule has 4 rings (SSSR count). The van der Waals surface area contributed by atoms with Crippen molar-refractivity contribution in [2.45, 2.75) is 20.3 Å². The van der Waals surface area contributed by atoms with Gasteiger partial charge in [-0.3, -0.25) is 4.79 Å². The molecule has 1 heterocycles. The van der Waals surface area contributed by atoms with Crippen molar-refractivity contribution in [2.24, 2.45) is 0 Å². The molecule has 0 spiro atoms. The second kappa shape index (κ2) is 8.10. The monoisotopic (exact) mass is 382 g/mol. The Labute approximate surface area is 170 Å². The van der Waals surface area contributed by atoms with Gasteiger partial charge in [0.05, 0.1) is 5.69 Å². The summed E-state index contributed by atoms with van der Waals surface area (Å²) in [5.74, 6) is 0.447. The lowest BCUT2D eigenvalue weighted by molar-refractivity contribution is 0.101. The van der Waals surface area contributed by atoms with Crippen LogP contribution in [0.3, 0.4) is 0 Å². The summed E-state index contributed by atoms with van der Waals surface area (Å²) in [5.41, 5.74) is 4.71. The minimum Gasteiger partial charge on any atom is -0.319 e. The van der Waals surface area contributed by atoms with E-state index in [1.165, 1.54) is 0 Å². The fourth-order valence-corrected chi connectivity index (χ4v) is 3.28. The van der Waals surface area contributed by atoms with Crippen molar-refractivity contribution in [1.82, 2.24) is 14.8 Å². The van der Waals surface area contributed by atoms with E-state index < -0.39 is 0 Å². The Morgan fingerprint density at radius 3 is 2.38 bits per heavy atom. The van der Waals surface area contributed by atoms with Crippen LogP contribution < -0.4 is 5.32 Å². The Balaban J connectivity index is 1.77. The number of amides is 1. The highest BCUT2D eigenvalue weighted by Crippen LogP contribution is 2.23. The van der Waals surface area contributed by atoms with Crippen LogP contribution in [0, 0.1) is 6.92 Å². The number of hydrogen-bond donors (Lipinski definition) is 1. The quantitative estimate of drug-likeness (QED) is 0.525. The average Bonchev–Trinajstić information content (AvgIpc) is 3.20. The van der Waals surface area contributed by atoms with Crippen LogP contribution in [0.15, 0.2) is 78.9 Å². The van der Waals surface area contributed by atoms with Crippen molar-refractivity contribution in [1.29, 1.82) is 0 Å². The number of nitrogens with one attached hydrogen (secondary N) is 1. The third-order valence-electron chi connectivity index (χ3n) is 4.83. The van der Waals surface area contributed by atoms with Gasteiger partial charge in [0.15, 0.2) is 5.82 Å². The molecule has 0 radical (unpaired) electrons. The van der Waals surface area contributed by atoms with E-state index in [9.17, 15) is 4.79 Å². The standard InChI is InChI=1S/C24H22N4O/c1-3-18-12-8-9-15-20(18)25-24(29)22-26-23(19-13-5-4-6-14-19)28(27-22)21-16-10-7-11-17(21)2/h4-16H,3H2,1-2H3,(H,25,29). The first-order valence-corrected chi connectivity index (χ1v) is 9.65. The van der Waals surface area contributed by atoms with Gasteiger partial charge < -0.3 is 5.32 Å². The highest BCUT2D eigenvalue weighted by Gasteiger charge is 2.20. The molecule has 0 saturated heterocycles. The molecule has 0 unspecified atom stereocenters. The Kier molecular flexibility index (Phi) is 5.20. The van der Waals surface area contributed by atoms with Gasteiger partial charge in [-0.2, -0.15) is 0 Å². The summed E-state index contributed by atoms with van der Waals surface area (Å²) in [6.07, 6.45) is 0.830. The first-order chi connectivity index (χ1) is 14.2. The predicted molar refractivity (Wildman–Crippen MR) is 115 cm³/mol. The van der Waals surface area contributed by atoms with Crippen LogP contribution in [0.4, 0.5) is 5.69 Å². The number of anilines is 1. The minimum absolute atomic E-state index is 0.137. The zero-order chi connectivity index (χ0) is 20.2. The Morgan fingerprint density at radius 1 is 0.931 bits per heavy atom. The van der Waals surface area contributed by atoms with E-state index in [1.807, 2.05) is 85.8 Å². The van der Waals surface area contributed by atoms with Crippen molar-refractivity contribution in [3.05, 3.63) is 95.8 Å². The summed E-state index contributed by atoms with van der Waals surface area (Å²) in [5, 5.41) is 7.52. The van der Waals surface area contributed by atoms with Gasteiger partial charge in [0.1, 0.15) is 0 Å². The van der Waals surface area contributed by atoms with Crippen LogP contribution in [0.1, 0.15) is 28.7 Å². The largest absolute Gasteiger partial charge is 0.319 e. The summed E-state index contributed by atoms with van der Waals surface area (Å²) in [4.78, 5) is 17.5. The third kappa shape index (κ3) is 3.80. The van der Waals surface area contributed by atoms with E-state index in [2.05, 4.69) is 22.3 Å². The molecule has 0 aliphatic heterocycles. The predicted octanol–water partition coefficient (Wildman–Crippen LogP) is 5.06. The zero-order valence-electron chi connectivity index (χ0n) is 16.5. The second-order valence-electron chi connectivity index (χ2n) is 6.79. The maximum absolute atomic E-state index is 12.9. The molecule has 0 aliphatic rings. The van der Waals surface area contributed by atoms with E-state index in [4.69, 9.17) is 0 Å². The van der Waals surface area contributed by atoms with Crippen molar-refractivity contribution < 1.29 is 4.79 Å². The zero-order valence-corrected chi connectivity index (χ0v) is 16.5. The van der Waals surface area contributed by atoms with Gasteiger partial charge in [-0.25, -0.2) is 9.67 Å². The van der Waals surface area contributed by atoms with Crippen molar-refractivity contribution >= 4 is 11.6 Å². The number of para-hydroxylation sites is 2. The molecule has 0 bridgehead atoms. The number of aryl methyl sites for hydroxylation is 2. The Bertz CT molecular complexity index is 1150. The molecule has 1 amide bonds. The fourth-order valence-electron chi connectivity index (χ4n) is 3.28. The van der Waals surface area contributed by atoms with Gasteiger partial charge in [-0.1, -0.05) is 73.7 Å². The number of rotatable bonds is 5. The van der Waals surface area contributed by atoms with Gasteiger partial charge in [0.25, 0.3) is 5.91 Å². The first kappa shape index (κ1) is 18.6. The van der Waals surface area contributed by atoms with Crippen molar-refractivity contribution in [3.8, 4) is 17.1 Å². The Hall–Kier alpha value is -3.73. The highest BCUT2D eigenvalue weighted by atomic mass is 16.2. The molecular formula is C24H22N4O. The molecule has 0 atom stereocenters. The number of carbonyl (C=O) groups is 1. The number of benzene rings is 3. The summed E-state index contributed by atoms with van der Waals surface area (Å²) in [6.45, 7) is 4.08. The molecular weight excluding hydrogens is 360 g/mol. The topological polar surface area (TPSA) is 59.8 Å². The molecule has 1 aromatic heterocycles. The van der Waals surface area contributed by atoms with E-state index in [0.29, 0.717) is 5.82 Å².